The quantitative estimate of drug-likeness (QED) is 0.701. The van der Waals surface area contributed by atoms with Crippen LogP contribution in [-0.4, -0.2) is 9.55 Å². The van der Waals surface area contributed by atoms with Gasteiger partial charge >= 0.3 is 5.69 Å². The number of rotatable bonds is 1. The van der Waals surface area contributed by atoms with Crippen molar-refractivity contribution in [2.24, 2.45) is 0 Å². The summed E-state index contributed by atoms with van der Waals surface area (Å²) >= 11 is 0. The van der Waals surface area contributed by atoms with E-state index in [1.54, 1.807) is 19.1 Å². The highest BCUT2D eigenvalue weighted by atomic mass is 19.1. The van der Waals surface area contributed by atoms with Crippen molar-refractivity contribution in [3.8, 4) is 18.0 Å². The van der Waals surface area contributed by atoms with Crippen LogP contribution in [0.25, 0.3) is 16.6 Å². The monoisotopic (exact) mass is 312 g/mol. The maximum atomic E-state index is 14.4. The molecule has 1 heterocycles. The number of aryl methyl sites for hydroxylation is 1. The number of terminal acetylenes is 1. The Morgan fingerprint density at radius 1 is 1.17 bits per heavy atom. The maximum Gasteiger partial charge on any atom is 0.333 e. The van der Waals surface area contributed by atoms with Crippen LogP contribution in [0.15, 0.2) is 39.9 Å². The van der Waals surface area contributed by atoms with Gasteiger partial charge in [0, 0.05) is 0 Å². The number of para-hydroxylation sites is 1. The van der Waals surface area contributed by atoms with Gasteiger partial charge in [-0.1, -0.05) is 18.1 Å². The lowest BCUT2D eigenvalue weighted by atomic mass is 10.1. The third kappa shape index (κ3) is 2.14. The fraction of sp³-hybridized carbons (Fsp3) is 0.0588. The summed E-state index contributed by atoms with van der Waals surface area (Å²) in [6.07, 6.45) is 5.15. The number of benzene rings is 2. The normalized spacial score (nSPS) is 10.7. The van der Waals surface area contributed by atoms with E-state index in [9.17, 15) is 18.4 Å². The van der Waals surface area contributed by atoms with E-state index in [0.717, 1.165) is 12.1 Å². The van der Waals surface area contributed by atoms with Crippen LogP contribution >= 0.6 is 0 Å². The van der Waals surface area contributed by atoms with Crippen LogP contribution in [0, 0.1) is 30.9 Å². The molecule has 0 aliphatic carbocycles. The molecule has 114 valence electrons. The molecule has 3 rings (SSSR count). The molecule has 2 aromatic carbocycles. The van der Waals surface area contributed by atoms with Crippen LogP contribution in [0.2, 0.25) is 0 Å². The summed E-state index contributed by atoms with van der Waals surface area (Å²) in [6, 6.07) is 6.78. The van der Waals surface area contributed by atoms with Crippen molar-refractivity contribution in [1.29, 1.82) is 0 Å². The molecule has 0 fully saturated rings. The zero-order chi connectivity index (χ0) is 16.7. The van der Waals surface area contributed by atoms with Crippen molar-refractivity contribution in [2.45, 2.75) is 6.92 Å². The maximum absolute atomic E-state index is 14.4. The van der Waals surface area contributed by atoms with Crippen molar-refractivity contribution in [2.75, 3.05) is 0 Å². The average Bonchev–Trinajstić information content (AvgIpc) is 2.52. The van der Waals surface area contributed by atoms with Gasteiger partial charge in [-0.15, -0.1) is 6.42 Å². The Morgan fingerprint density at radius 3 is 2.61 bits per heavy atom. The summed E-state index contributed by atoms with van der Waals surface area (Å²) in [5.41, 5.74) is -1.79. The predicted molar refractivity (Wildman–Crippen MR) is 82.8 cm³/mol. The van der Waals surface area contributed by atoms with Gasteiger partial charge in [0.15, 0.2) is 11.6 Å². The second-order valence-electron chi connectivity index (χ2n) is 4.97. The van der Waals surface area contributed by atoms with Gasteiger partial charge < -0.3 is 4.98 Å². The standard InChI is InChI=1S/C17H10F2N2O2/c1-3-10-7-8-12(18)15(13(10)19)21-16(22)11-6-4-5-9(2)14(11)20-17(21)23/h1,4-8H,2H3,(H,20,23). The molecule has 4 nitrogen and oxygen atoms in total. The minimum atomic E-state index is -1.13. The van der Waals surface area contributed by atoms with E-state index in [2.05, 4.69) is 4.98 Å². The second kappa shape index (κ2) is 5.21. The highest BCUT2D eigenvalue weighted by Crippen LogP contribution is 2.19. The second-order valence-corrected chi connectivity index (χ2v) is 4.97. The number of fused-ring (bicyclic) bond motifs is 1. The van der Waals surface area contributed by atoms with Crippen LogP contribution in [0.4, 0.5) is 8.78 Å². The smallest absolute Gasteiger partial charge is 0.306 e. The molecule has 0 aliphatic rings. The van der Waals surface area contributed by atoms with E-state index in [0.29, 0.717) is 15.6 Å². The lowest BCUT2D eigenvalue weighted by Crippen LogP contribution is -2.35. The molecule has 0 spiro atoms. The van der Waals surface area contributed by atoms with Crippen LogP contribution in [0.3, 0.4) is 0 Å². The Labute approximate surface area is 129 Å². The Hall–Kier alpha value is -3.20. The third-order valence-electron chi connectivity index (χ3n) is 3.59. The van der Waals surface area contributed by atoms with E-state index in [1.165, 1.54) is 6.07 Å². The van der Waals surface area contributed by atoms with E-state index < -0.39 is 28.6 Å². The molecule has 0 saturated carbocycles. The SMILES string of the molecule is C#Cc1ccc(F)c(-n2c(=O)[nH]c3c(C)cccc3c2=O)c1F. The first kappa shape index (κ1) is 14.7. The van der Waals surface area contributed by atoms with Gasteiger partial charge in [0.1, 0.15) is 5.69 Å². The summed E-state index contributed by atoms with van der Waals surface area (Å²) in [5.74, 6) is -0.138. The van der Waals surface area contributed by atoms with E-state index in [-0.39, 0.29) is 10.9 Å². The van der Waals surface area contributed by atoms with Gasteiger partial charge in [0.2, 0.25) is 0 Å². The minimum Gasteiger partial charge on any atom is -0.306 e. The first-order chi connectivity index (χ1) is 11.0. The Kier molecular flexibility index (Phi) is 3.34. The number of halogens is 2. The molecule has 0 atom stereocenters. The van der Waals surface area contributed by atoms with Gasteiger partial charge in [-0.05, 0) is 30.7 Å². The summed E-state index contributed by atoms with van der Waals surface area (Å²) in [5, 5.41) is 0.148. The molecule has 0 radical (unpaired) electrons. The van der Waals surface area contributed by atoms with Gasteiger partial charge in [0.25, 0.3) is 5.56 Å². The number of H-pyrrole nitrogens is 1. The molecular weight excluding hydrogens is 302 g/mol. The lowest BCUT2D eigenvalue weighted by Gasteiger charge is -2.10. The fourth-order valence-electron chi connectivity index (χ4n) is 2.45. The van der Waals surface area contributed by atoms with Gasteiger partial charge in [-0.2, -0.15) is 0 Å². The van der Waals surface area contributed by atoms with Crippen molar-refractivity contribution < 1.29 is 8.78 Å². The molecule has 1 N–H and O–H groups in total. The van der Waals surface area contributed by atoms with Gasteiger partial charge in [-0.25, -0.2) is 18.1 Å². The highest BCUT2D eigenvalue weighted by Gasteiger charge is 2.20. The Bertz CT molecular complexity index is 1100. The molecule has 0 saturated heterocycles. The zero-order valence-corrected chi connectivity index (χ0v) is 12.0. The van der Waals surface area contributed by atoms with Crippen LogP contribution in [0.1, 0.15) is 11.1 Å². The number of aromatic amines is 1. The molecule has 23 heavy (non-hydrogen) atoms. The number of aromatic nitrogens is 2. The molecule has 0 bridgehead atoms. The molecule has 0 unspecified atom stereocenters. The third-order valence-corrected chi connectivity index (χ3v) is 3.59. The zero-order valence-electron chi connectivity index (χ0n) is 12.0. The fourth-order valence-corrected chi connectivity index (χ4v) is 2.45. The highest BCUT2D eigenvalue weighted by molar-refractivity contribution is 5.80. The number of hydrogen-bond acceptors (Lipinski definition) is 2. The average molecular weight is 312 g/mol. The van der Waals surface area contributed by atoms with E-state index >= 15 is 0 Å². The van der Waals surface area contributed by atoms with Gasteiger partial charge in [0.05, 0.1) is 16.5 Å². The van der Waals surface area contributed by atoms with E-state index in [1.807, 2.05) is 5.92 Å². The number of hydrogen-bond donors (Lipinski definition) is 1. The van der Waals surface area contributed by atoms with Crippen molar-refractivity contribution in [3.05, 3.63) is 73.9 Å². The van der Waals surface area contributed by atoms with Gasteiger partial charge in [-0.3, -0.25) is 4.79 Å². The van der Waals surface area contributed by atoms with Crippen molar-refractivity contribution in [1.82, 2.24) is 9.55 Å². The van der Waals surface area contributed by atoms with Crippen molar-refractivity contribution in [3.63, 3.8) is 0 Å². The van der Waals surface area contributed by atoms with Crippen molar-refractivity contribution >= 4 is 10.9 Å². The number of nitrogens with one attached hydrogen (secondary N) is 1. The molecule has 3 aromatic rings. The first-order valence-corrected chi connectivity index (χ1v) is 6.65. The lowest BCUT2D eigenvalue weighted by molar-refractivity contribution is 0.561. The molecule has 0 aliphatic heterocycles. The van der Waals surface area contributed by atoms with Crippen LogP contribution in [-0.2, 0) is 0 Å². The number of nitrogens with zero attached hydrogens (tertiary/aromatic N) is 1. The first-order valence-electron chi connectivity index (χ1n) is 6.65. The molecule has 0 amide bonds. The topological polar surface area (TPSA) is 54.9 Å². The summed E-state index contributed by atoms with van der Waals surface area (Å²) in [4.78, 5) is 27.3. The Morgan fingerprint density at radius 2 is 1.91 bits per heavy atom. The molecule has 6 heteroatoms. The van der Waals surface area contributed by atoms with E-state index in [4.69, 9.17) is 6.42 Å². The van der Waals surface area contributed by atoms with Crippen LogP contribution in [0.5, 0.6) is 0 Å². The Balaban J connectivity index is 2.51. The minimum absolute atomic E-state index is 0.148. The summed E-state index contributed by atoms with van der Waals surface area (Å²) in [7, 11) is 0. The predicted octanol–water partition coefficient (Wildman–Crippen LogP) is 2.25. The largest absolute Gasteiger partial charge is 0.333 e. The van der Waals surface area contributed by atoms with Crippen LogP contribution < -0.4 is 11.2 Å². The molecule has 1 aromatic heterocycles. The summed E-state index contributed by atoms with van der Waals surface area (Å²) in [6.45, 7) is 1.71. The summed E-state index contributed by atoms with van der Waals surface area (Å²) < 4.78 is 28.9. The molecular formula is C17H10F2N2O2.